The topological polar surface area (TPSA) is 41.8 Å². The monoisotopic (exact) mass is 309 g/mol. The minimum atomic E-state index is -0.0996. The predicted molar refractivity (Wildman–Crippen MR) is 94.5 cm³/mol. The molecular formula is C19H35NO2. The largest absolute Gasteiger partial charge is 0.471 e. The molecule has 0 aromatic rings. The van der Waals surface area contributed by atoms with Gasteiger partial charge in [0.1, 0.15) is 12.1 Å². The molecular weight excluding hydrogens is 274 g/mol. The zero-order chi connectivity index (χ0) is 16.0. The van der Waals surface area contributed by atoms with Crippen molar-refractivity contribution >= 4 is 5.90 Å². The van der Waals surface area contributed by atoms with Crippen LogP contribution in [0.1, 0.15) is 84.5 Å². The van der Waals surface area contributed by atoms with E-state index in [2.05, 4.69) is 31.0 Å². The second-order valence-corrected chi connectivity index (χ2v) is 6.30. The molecule has 0 aliphatic carbocycles. The van der Waals surface area contributed by atoms with E-state index in [1.54, 1.807) is 0 Å². The average Bonchev–Trinajstić information content (AvgIpc) is 2.93. The van der Waals surface area contributed by atoms with Crippen LogP contribution in [0.3, 0.4) is 0 Å². The van der Waals surface area contributed by atoms with E-state index in [1.807, 2.05) is 0 Å². The molecule has 3 heteroatoms. The molecule has 0 aromatic carbocycles. The molecule has 0 aromatic heterocycles. The molecule has 1 N–H and O–H groups in total. The Balaban J connectivity index is 2.18. The van der Waals surface area contributed by atoms with Crippen molar-refractivity contribution in [2.45, 2.75) is 96.6 Å². The zero-order valence-corrected chi connectivity index (χ0v) is 14.6. The molecule has 128 valence electrons. The lowest BCUT2D eigenvalue weighted by molar-refractivity contribution is 0.181. The number of hydrogen-bond donors (Lipinski definition) is 1. The Hall–Kier alpha value is -0.830. The van der Waals surface area contributed by atoms with Gasteiger partial charge in [0, 0.05) is 6.42 Å². The summed E-state index contributed by atoms with van der Waals surface area (Å²) in [4.78, 5) is 4.53. The highest BCUT2D eigenvalue weighted by atomic mass is 16.5. The van der Waals surface area contributed by atoms with Gasteiger partial charge < -0.3 is 9.84 Å². The highest BCUT2D eigenvalue weighted by Crippen LogP contribution is 2.19. The van der Waals surface area contributed by atoms with Crippen LogP contribution in [0.25, 0.3) is 0 Å². The van der Waals surface area contributed by atoms with Gasteiger partial charge in [0.05, 0.1) is 6.61 Å². The molecule has 0 bridgehead atoms. The summed E-state index contributed by atoms with van der Waals surface area (Å²) in [6.07, 6.45) is 17.7. The van der Waals surface area contributed by atoms with Crippen molar-refractivity contribution in [2.24, 2.45) is 4.99 Å². The maximum Gasteiger partial charge on any atom is 0.184 e. The van der Waals surface area contributed by atoms with Crippen molar-refractivity contribution in [3.8, 4) is 0 Å². The van der Waals surface area contributed by atoms with E-state index in [1.165, 1.54) is 51.4 Å². The molecule has 0 unspecified atom stereocenters. The van der Waals surface area contributed by atoms with Gasteiger partial charge in [-0.25, -0.2) is 4.99 Å². The van der Waals surface area contributed by atoms with Crippen LogP contribution >= 0.6 is 0 Å². The van der Waals surface area contributed by atoms with Gasteiger partial charge in [-0.15, -0.1) is 0 Å². The van der Waals surface area contributed by atoms with Crippen LogP contribution in [0, 0.1) is 0 Å². The fraction of sp³-hybridized carbons (Fsp3) is 0.842. The Bertz CT molecular complexity index is 325. The van der Waals surface area contributed by atoms with Gasteiger partial charge in [0.15, 0.2) is 5.90 Å². The zero-order valence-electron chi connectivity index (χ0n) is 14.6. The van der Waals surface area contributed by atoms with Crippen molar-refractivity contribution < 1.29 is 9.84 Å². The second kappa shape index (κ2) is 12.7. The number of aliphatic hydroxyl groups is 1. The summed E-state index contributed by atoms with van der Waals surface area (Å²) in [6.45, 7) is 4.52. The first-order valence-corrected chi connectivity index (χ1v) is 9.32. The first-order chi connectivity index (χ1) is 10.8. The van der Waals surface area contributed by atoms with Crippen LogP contribution in [0.15, 0.2) is 17.1 Å². The Labute approximate surface area is 136 Å². The van der Waals surface area contributed by atoms with Crippen molar-refractivity contribution in [3.63, 3.8) is 0 Å². The molecule has 0 amide bonds. The maximum atomic E-state index is 9.43. The minimum Gasteiger partial charge on any atom is -0.471 e. The van der Waals surface area contributed by atoms with E-state index in [4.69, 9.17) is 4.74 Å². The highest BCUT2D eigenvalue weighted by Gasteiger charge is 2.27. The van der Waals surface area contributed by atoms with E-state index in [0.29, 0.717) is 0 Å². The summed E-state index contributed by atoms with van der Waals surface area (Å²) < 4.78 is 5.89. The Morgan fingerprint density at radius 2 is 1.68 bits per heavy atom. The standard InChI is InChI=1S/C19H35NO2/c1-3-5-7-9-10-11-13-15-19-20-17(16-21)18(22-19)14-12-8-6-4-2/h12,14,17-18,21H,3-11,13,15-16H2,1-2H3/b14-12+/t17-,18-/m0/s1. The third kappa shape index (κ3) is 7.98. The van der Waals surface area contributed by atoms with Crippen molar-refractivity contribution in [1.29, 1.82) is 0 Å². The number of allylic oxidation sites excluding steroid dienone is 1. The predicted octanol–water partition coefficient (Wildman–Crippen LogP) is 5.03. The smallest absolute Gasteiger partial charge is 0.184 e. The molecule has 0 fully saturated rings. The Morgan fingerprint density at radius 1 is 1.00 bits per heavy atom. The van der Waals surface area contributed by atoms with Gasteiger partial charge in [0.2, 0.25) is 0 Å². The Morgan fingerprint density at radius 3 is 2.36 bits per heavy atom. The van der Waals surface area contributed by atoms with Gasteiger partial charge >= 0.3 is 0 Å². The van der Waals surface area contributed by atoms with Gasteiger partial charge in [-0.1, -0.05) is 71.3 Å². The number of nitrogens with zero attached hydrogens (tertiary/aromatic N) is 1. The molecule has 1 aliphatic heterocycles. The van der Waals surface area contributed by atoms with Crippen molar-refractivity contribution in [3.05, 3.63) is 12.2 Å². The fourth-order valence-corrected chi connectivity index (χ4v) is 2.75. The summed E-state index contributed by atoms with van der Waals surface area (Å²) >= 11 is 0. The van der Waals surface area contributed by atoms with Crippen LogP contribution in [0.4, 0.5) is 0 Å². The summed E-state index contributed by atoms with van der Waals surface area (Å²) in [6, 6.07) is -0.0996. The molecule has 0 saturated carbocycles. The lowest BCUT2D eigenvalue weighted by Crippen LogP contribution is -2.23. The molecule has 1 aliphatic rings. The SMILES string of the molecule is CCCC/C=C/[C@@H]1OC(CCCCCCCCC)=N[C@H]1CO. The van der Waals surface area contributed by atoms with Gasteiger partial charge in [-0.2, -0.15) is 0 Å². The lowest BCUT2D eigenvalue weighted by Gasteiger charge is -2.11. The molecule has 0 radical (unpaired) electrons. The quantitative estimate of drug-likeness (QED) is 0.383. The third-order valence-electron chi connectivity index (χ3n) is 4.19. The third-order valence-corrected chi connectivity index (χ3v) is 4.19. The minimum absolute atomic E-state index is 0.0542. The number of rotatable bonds is 13. The second-order valence-electron chi connectivity index (χ2n) is 6.30. The molecule has 1 rings (SSSR count). The van der Waals surface area contributed by atoms with Crippen LogP contribution in [0.2, 0.25) is 0 Å². The molecule has 0 saturated heterocycles. The van der Waals surface area contributed by atoms with Gasteiger partial charge in [-0.05, 0) is 18.9 Å². The lowest BCUT2D eigenvalue weighted by atomic mass is 10.1. The van der Waals surface area contributed by atoms with E-state index >= 15 is 0 Å². The molecule has 0 spiro atoms. The van der Waals surface area contributed by atoms with E-state index in [0.717, 1.165) is 25.2 Å². The normalized spacial score (nSPS) is 21.3. The highest BCUT2D eigenvalue weighted by molar-refractivity contribution is 5.78. The van der Waals surface area contributed by atoms with E-state index in [9.17, 15) is 5.11 Å². The first kappa shape index (κ1) is 19.2. The number of hydrogen-bond acceptors (Lipinski definition) is 3. The molecule has 2 atom stereocenters. The van der Waals surface area contributed by atoms with Crippen LogP contribution in [-0.2, 0) is 4.74 Å². The molecule has 22 heavy (non-hydrogen) atoms. The van der Waals surface area contributed by atoms with E-state index < -0.39 is 0 Å². The van der Waals surface area contributed by atoms with E-state index in [-0.39, 0.29) is 18.8 Å². The fourth-order valence-electron chi connectivity index (χ4n) is 2.75. The first-order valence-electron chi connectivity index (χ1n) is 9.32. The average molecular weight is 309 g/mol. The Kier molecular flexibility index (Phi) is 11.1. The van der Waals surface area contributed by atoms with Crippen molar-refractivity contribution in [1.82, 2.24) is 0 Å². The summed E-state index contributed by atoms with van der Waals surface area (Å²) in [5.41, 5.74) is 0. The molecule has 3 nitrogen and oxygen atoms in total. The van der Waals surface area contributed by atoms with Crippen LogP contribution in [-0.4, -0.2) is 29.8 Å². The van der Waals surface area contributed by atoms with Gasteiger partial charge in [-0.3, -0.25) is 0 Å². The summed E-state index contributed by atoms with van der Waals surface area (Å²) in [5.74, 6) is 0.845. The number of aliphatic imine (C=N–C) groups is 1. The summed E-state index contributed by atoms with van der Waals surface area (Å²) in [5, 5.41) is 9.43. The molecule has 1 heterocycles. The summed E-state index contributed by atoms with van der Waals surface area (Å²) in [7, 11) is 0. The van der Waals surface area contributed by atoms with Crippen LogP contribution in [0.5, 0.6) is 0 Å². The van der Waals surface area contributed by atoms with Crippen molar-refractivity contribution in [2.75, 3.05) is 6.61 Å². The number of aliphatic hydroxyl groups excluding tert-OH is 1. The number of unbranched alkanes of at least 4 members (excludes halogenated alkanes) is 8. The maximum absolute atomic E-state index is 9.43. The number of ether oxygens (including phenoxy) is 1. The van der Waals surface area contributed by atoms with Crippen LogP contribution < -0.4 is 0 Å². The van der Waals surface area contributed by atoms with Gasteiger partial charge in [0.25, 0.3) is 0 Å².